The number of rotatable bonds is 5. The van der Waals surface area contributed by atoms with Gasteiger partial charge in [0.15, 0.2) is 5.76 Å². The highest BCUT2D eigenvalue weighted by molar-refractivity contribution is 5.74. The molecule has 7 heteroatoms. The van der Waals surface area contributed by atoms with E-state index in [0.29, 0.717) is 24.0 Å². The Kier molecular flexibility index (Phi) is 6.34. The average Bonchev–Trinajstić information content (AvgIpc) is 3.01. The van der Waals surface area contributed by atoms with E-state index in [-0.39, 0.29) is 6.03 Å². The molecular weight excluding hydrogens is 344 g/mol. The molecule has 7 nitrogen and oxygen atoms in total. The Bertz CT molecular complexity index is 759. The number of benzene rings is 1. The zero-order valence-electron chi connectivity index (χ0n) is 16.3. The van der Waals surface area contributed by atoms with Crippen LogP contribution in [0, 0.1) is 0 Å². The number of carbonyl (C=O) groups is 1. The minimum absolute atomic E-state index is 0.0414. The van der Waals surface area contributed by atoms with Crippen molar-refractivity contribution < 1.29 is 14.1 Å². The molecule has 2 aromatic rings. The Morgan fingerprint density at radius 2 is 2.19 bits per heavy atom. The number of ether oxygens (including phenoxy) is 1. The molecule has 146 valence electrons. The fraction of sp³-hybridized carbons (Fsp3) is 0.500. The number of nitrogens with zero attached hydrogens (tertiary/aromatic N) is 3. The molecule has 1 aliphatic rings. The minimum atomic E-state index is -0.0414. The molecule has 1 atom stereocenters. The molecule has 1 saturated heterocycles. The minimum Gasteiger partial charge on any atom is -0.497 e. The van der Waals surface area contributed by atoms with Gasteiger partial charge in [0.2, 0.25) is 0 Å². The largest absolute Gasteiger partial charge is 0.497 e. The van der Waals surface area contributed by atoms with Gasteiger partial charge in [0, 0.05) is 30.8 Å². The van der Waals surface area contributed by atoms with Gasteiger partial charge in [-0.05, 0) is 45.5 Å². The highest BCUT2D eigenvalue weighted by atomic mass is 16.5. The van der Waals surface area contributed by atoms with E-state index in [1.54, 1.807) is 7.11 Å². The standard InChI is InChI=1S/C20H28N4O3/c1-23(2)17-7-5-10-24(11-9-17)20(25)21-14-16-13-19(27-22-16)15-6-4-8-18(12-15)26-3/h4,6,8,12-13,17H,5,7,9-11,14H2,1-3H3,(H,21,25)/t17-/m1/s1. The molecular formula is C20H28N4O3. The third-order valence-corrected chi connectivity index (χ3v) is 5.05. The number of urea groups is 1. The van der Waals surface area contributed by atoms with Crippen LogP contribution in [0.15, 0.2) is 34.9 Å². The zero-order chi connectivity index (χ0) is 19.2. The van der Waals surface area contributed by atoms with Crippen LogP contribution in [0.3, 0.4) is 0 Å². The number of nitrogens with one attached hydrogen (secondary N) is 1. The molecule has 2 amide bonds. The second kappa shape index (κ2) is 8.90. The summed E-state index contributed by atoms with van der Waals surface area (Å²) in [6, 6.07) is 9.95. The highest BCUT2D eigenvalue weighted by Crippen LogP contribution is 2.24. The lowest BCUT2D eigenvalue weighted by molar-refractivity contribution is 0.196. The highest BCUT2D eigenvalue weighted by Gasteiger charge is 2.21. The van der Waals surface area contributed by atoms with Crippen LogP contribution in [-0.4, -0.2) is 61.3 Å². The first-order chi connectivity index (χ1) is 13.1. The summed E-state index contributed by atoms with van der Waals surface area (Å²) in [5.74, 6) is 1.41. The van der Waals surface area contributed by atoms with E-state index in [4.69, 9.17) is 9.26 Å². The van der Waals surface area contributed by atoms with Crippen LogP contribution >= 0.6 is 0 Å². The number of carbonyl (C=O) groups excluding carboxylic acids is 1. The number of methoxy groups -OCH3 is 1. The molecule has 1 aliphatic heterocycles. The molecule has 0 unspecified atom stereocenters. The molecule has 1 aromatic heterocycles. The van der Waals surface area contributed by atoms with Gasteiger partial charge < -0.3 is 24.4 Å². The van der Waals surface area contributed by atoms with Crippen molar-refractivity contribution in [3.8, 4) is 17.1 Å². The van der Waals surface area contributed by atoms with Gasteiger partial charge in [-0.25, -0.2) is 4.79 Å². The summed E-state index contributed by atoms with van der Waals surface area (Å²) in [7, 11) is 5.83. The van der Waals surface area contributed by atoms with Gasteiger partial charge >= 0.3 is 6.03 Å². The monoisotopic (exact) mass is 372 g/mol. The quantitative estimate of drug-likeness (QED) is 0.874. The Morgan fingerprint density at radius 1 is 1.33 bits per heavy atom. The zero-order valence-corrected chi connectivity index (χ0v) is 16.3. The first kappa shape index (κ1) is 19.2. The van der Waals surface area contributed by atoms with Crippen molar-refractivity contribution in [2.75, 3.05) is 34.3 Å². The van der Waals surface area contributed by atoms with E-state index < -0.39 is 0 Å². The van der Waals surface area contributed by atoms with Crippen LogP contribution in [0.5, 0.6) is 5.75 Å². The fourth-order valence-electron chi connectivity index (χ4n) is 3.38. The first-order valence-corrected chi connectivity index (χ1v) is 9.36. The second-order valence-corrected chi connectivity index (χ2v) is 7.11. The fourth-order valence-corrected chi connectivity index (χ4v) is 3.38. The topological polar surface area (TPSA) is 70.8 Å². The summed E-state index contributed by atoms with van der Waals surface area (Å²) >= 11 is 0. The Labute approximate surface area is 160 Å². The van der Waals surface area contributed by atoms with Crippen molar-refractivity contribution in [1.29, 1.82) is 0 Å². The summed E-state index contributed by atoms with van der Waals surface area (Å²) in [6.45, 7) is 1.92. The Balaban J connectivity index is 1.54. The smallest absolute Gasteiger partial charge is 0.317 e. The van der Waals surface area contributed by atoms with Crippen molar-refractivity contribution in [3.05, 3.63) is 36.0 Å². The maximum absolute atomic E-state index is 12.5. The second-order valence-electron chi connectivity index (χ2n) is 7.11. The van der Waals surface area contributed by atoms with Crippen molar-refractivity contribution >= 4 is 6.03 Å². The summed E-state index contributed by atoms with van der Waals surface area (Å²) in [6.07, 6.45) is 3.16. The van der Waals surface area contributed by atoms with Crippen molar-refractivity contribution in [2.24, 2.45) is 0 Å². The van der Waals surface area contributed by atoms with Crippen LogP contribution in [-0.2, 0) is 6.54 Å². The first-order valence-electron chi connectivity index (χ1n) is 9.36. The van der Waals surface area contributed by atoms with Gasteiger partial charge in [-0.1, -0.05) is 17.3 Å². The Morgan fingerprint density at radius 3 is 2.96 bits per heavy atom. The number of hydrogen-bond donors (Lipinski definition) is 1. The lowest BCUT2D eigenvalue weighted by Crippen LogP contribution is -2.40. The predicted octanol–water partition coefficient (Wildman–Crippen LogP) is 2.98. The van der Waals surface area contributed by atoms with Crippen LogP contribution in [0.4, 0.5) is 4.79 Å². The maximum atomic E-state index is 12.5. The van der Waals surface area contributed by atoms with Gasteiger partial charge in [-0.15, -0.1) is 0 Å². The van der Waals surface area contributed by atoms with Crippen molar-refractivity contribution in [1.82, 2.24) is 20.3 Å². The lowest BCUT2D eigenvalue weighted by Gasteiger charge is -2.23. The van der Waals surface area contributed by atoms with Crippen molar-refractivity contribution in [2.45, 2.75) is 31.8 Å². The predicted molar refractivity (Wildman–Crippen MR) is 104 cm³/mol. The normalized spacial score (nSPS) is 17.6. The van der Waals surface area contributed by atoms with E-state index >= 15 is 0 Å². The maximum Gasteiger partial charge on any atom is 0.317 e. The summed E-state index contributed by atoms with van der Waals surface area (Å²) in [5, 5.41) is 7.02. The van der Waals surface area contributed by atoms with E-state index in [1.165, 1.54) is 0 Å². The number of hydrogen-bond acceptors (Lipinski definition) is 5. The molecule has 2 heterocycles. The van der Waals surface area contributed by atoms with Gasteiger partial charge in [0.1, 0.15) is 11.4 Å². The summed E-state index contributed by atoms with van der Waals surface area (Å²) in [5.41, 5.74) is 1.59. The van der Waals surface area contributed by atoms with E-state index in [2.05, 4.69) is 29.5 Å². The molecule has 1 aromatic carbocycles. The van der Waals surface area contributed by atoms with E-state index in [0.717, 1.165) is 43.7 Å². The van der Waals surface area contributed by atoms with Crippen LogP contribution in [0.1, 0.15) is 25.0 Å². The van der Waals surface area contributed by atoms with Crippen molar-refractivity contribution in [3.63, 3.8) is 0 Å². The molecule has 1 fully saturated rings. The molecule has 1 N–H and O–H groups in total. The molecule has 0 aliphatic carbocycles. The molecule has 0 saturated carbocycles. The third kappa shape index (κ3) is 5.01. The number of likely N-dealkylation sites (tertiary alicyclic amines) is 1. The third-order valence-electron chi connectivity index (χ3n) is 5.05. The van der Waals surface area contributed by atoms with Crippen LogP contribution in [0.25, 0.3) is 11.3 Å². The van der Waals surface area contributed by atoms with Gasteiger partial charge in [0.05, 0.1) is 13.7 Å². The number of amides is 2. The average molecular weight is 372 g/mol. The van der Waals surface area contributed by atoms with Gasteiger partial charge in [-0.2, -0.15) is 0 Å². The van der Waals surface area contributed by atoms with E-state index in [1.807, 2.05) is 35.2 Å². The van der Waals surface area contributed by atoms with Crippen LogP contribution < -0.4 is 10.1 Å². The molecule has 0 radical (unpaired) electrons. The van der Waals surface area contributed by atoms with Crippen LogP contribution in [0.2, 0.25) is 0 Å². The SMILES string of the molecule is COc1cccc(-c2cc(CNC(=O)N3CCC[C@@H](N(C)C)CC3)no2)c1. The lowest BCUT2D eigenvalue weighted by atomic mass is 10.1. The van der Waals surface area contributed by atoms with Gasteiger partial charge in [-0.3, -0.25) is 0 Å². The molecule has 3 rings (SSSR count). The summed E-state index contributed by atoms with van der Waals surface area (Å²) < 4.78 is 10.6. The number of aromatic nitrogens is 1. The molecule has 27 heavy (non-hydrogen) atoms. The van der Waals surface area contributed by atoms with Gasteiger partial charge in [0.25, 0.3) is 0 Å². The summed E-state index contributed by atoms with van der Waals surface area (Å²) in [4.78, 5) is 16.6. The Hall–Kier alpha value is -2.54. The van der Waals surface area contributed by atoms with E-state index in [9.17, 15) is 4.79 Å². The molecule has 0 bridgehead atoms. The molecule has 0 spiro atoms.